The van der Waals surface area contributed by atoms with E-state index in [9.17, 15) is 4.79 Å². The number of fused-ring (bicyclic) bond motifs is 1. The first kappa shape index (κ1) is 16.7. The summed E-state index contributed by atoms with van der Waals surface area (Å²) in [7, 11) is 0. The van der Waals surface area contributed by atoms with Gasteiger partial charge in [-0.15, -0.1) is 0 Å². The minimum absolute atomic E-state index is 0.153. The van der Waals surface area contributed by atoms with Crippen LogP contribution in [0.1, 0.15) is 24.2 Å². The average molecular weight is 340 g/mol. The Balaban J connectivity index is 1.45. The molecule has 25 heavy (non-hydrogen) atoms. The number of hydrogen-bond donors (Lipinski definition) is 2. The highest BCUT2D eigenvalue weighted by molar-refractivity contribution is 5.93. The van der Waals surface area contributed by atoms with Crippen LogP contribution in [0.4, 0.5) is 5.69 Å². The Morgan fingerprint density at radius 3 is 2.76 bits per heavy atom. The molecule has 1 aromatic carbocycles. The van der Waals surface area contributed by atoms with Gasteiger partial charge >= 0.3 is 0 Å². The topological polar surface area (TPSA) is 93.4 Å². The zero-order valence-electron chi connectivity index (χ0n) is 14.1. The molecule has 130 valence electrons. The third-order valence-corrected chi connectivity index (χ3v) is 3.36. The molecule has 2 heterocycles. The molecule has 2 aromatic heterocycles. The maximum atomic E-state index is 12.1. The van der Waals surface area contributed by atoms with Gasteiger partial charge in [0.1, 0.15) is 12.1 Å². The van der Waals surface area contributed by atoms with Gasteiger partial charge in [-0.1, -0.05) is 0 Å². The monoisotopic (exact) mass is 340 g/mol. The second kappa shape index (κ2) is 7.61. The van der Waals surface area contributed by atoms with E-state index < -0.39 is 0 Å². The van der Waals surface area contributed by atoms with Gasteiger partial charge in [0.2, 0.25) is 0 Å². The molecule has 3 rings (SSSR count). The quantitative estimate of drug-likeness (QED) is 0.637. The van der Waals surface area contributed by atoms with Crippen molar-refractivity contribution in [1.82, 2.24) is 24.9 Å². The van der Waals surface area contributed by atoms with Gasteiger partial charge in [-0.2, -0.15) is 10.1 Å². The fraction of sp³-hybridized carbons (Fsp3) is 0.294. The molecular weight excluding hydrogens is 320 g/mol. The number of rotatable bonds is 7. The Morgan fingerprint density at radius 2 is 2.00 bits per heavy atom. The third kappa shape index (κ3) is 4.43. The lowest BCUT2D eigenvalue weighted by Gasteiger charge is -2.11. The maximum absolute atomic E-state index is 12.1. The van der Waals surface area contributed by atoms with Crippen molar-refractivity contribution in [3.63, 3.8) is 0 Å². The molecule has 2 N–H and O–H groups in total. The molecule has 0 aliphatic carbocycles. The van der Waals surface area contributed by atoms with Crippen molar-refractivity contribution in [3.8, 4) is 5.75 Å². The highest BCUT2D eigenvalue weighted by atomic mass is 16.5. The fourth-order valence-corrected chi connectivity index (χ4v) is 2.25. The van der Waals surface area contributed by atoms with Crippen LogP contribution in [0, 0.1) is 0 Å². The summed E-state index contributed by atoms with van der Waals surface area (Å²) in [5, 5.41) is 10.0. The van der Waals surface area contributed by atoms with Gasteiger partial charge in [-0.25, -0.2) is 9.50 Å². The molecule has 0 atom stereocenters. The number of amides is 1. The van der Waals surface area contributed by atoms with Gasteiger partial charge in [0.05, 0.1) is 11.7 Å². The average Bonchev–Trinajstić information content (AvgIpc) is 3.07. The molecule has 0 saturated heterocycles. The normalized spacial score (nSPS) is 10.8. The van der Waals surface area contributed by atoms with E-state index in [-0.39, 0.29) is 12.0 Å². The Kier molecular flexibility index (Phi) is 5.08. The van der Waals surface area contributed by atoms with E-state index in [1.165, 1.54) is 17.0 Å². The number of nitrogens with zero attached hydrogens (tertiary/aromatic N) is 4. The van der Waals surface area contributed by atoms with Crippen molar-refractivity contribution in [3.05, 3.63) is 48.5 Å². The molecule has 0 radical (unpaired) electrons. The first-order valence-electron chi connectivity index (χ1n) is 8.06. The summed E-state index contributed by atoms with van der Waals surface area (Å²) in [6.07, 6.45) is 4.64. The second-order valence-corrected chi connectivity index (χ2v) is 5.72. The van der Waals surface area contributed by atoms with E-state index in [1.807, 2.05) is 38.1 Å². The van der Waals surface area contributed by atoms with Crippen molar-refractivity contribution in [1.29, 1.82) is 0 Å². The van der Waals surface area contributed by atoms with E-state index in [0.29, 0.717) is 24.4 Å². The van der Waals surface area contributed by atoms with Gasteiger partial charge in [0, 0.05) is 31.2 Å². The SMILES string of the molecule is CC(C)Oc1ccc(NCCNC(=O)c2cnc3ncnn3c2)cc1. The lowest BCUT2D eigenvalue weighted by atomic mass is 10.3. The summed E-state index contributed by atoms with van der Waals surface area (Å²) in [4.78, 5) is 20.1. The molecular formula is C17H20N6O2. The third-order valence-electron chi connectivity index (χ3n) is 3.36. The Morgan fingerprint density at radius 1 is 1.20 bits per heavy atom. The number of nitrogens with one attached hydrogen (secondary N) is 2. The number of aromatic nitrogens is 4. The molecule has 0 spiro atoms. The van der Waals surface area contributed by atoms with Crippen molar-refractivity contribution in [2.24, 2.45) is 0 Å². The molecule has 8 nitrogen and oxygen atoms in total. The number of benzene rings is 1. The van der Waals surface area contributed by atoms with Crippen LogP contribution in [0.2, 0.25) is 0 Å². The first-order valence-corrected chi connectivity index (χ1v) is 8.06. The van der Waals surface area contributed by atoms with Crippen molar-refractivity contribution >= 4 is 17.4 Å². The highest BCUT2D eigenvalue weighted by Crippen LogP contribution is 2.16. The van der Waals surface area contributed by atoms with Crippen molar-refractivity contribution < 1.29 is 9.53 Å². The van der Waals surface area contributed by atoms with Crippen LogP contribution in [0.5, 0.6) is 5.75 Å². The van der Waals surface area contributed by atoms with Gasteiger partial charge in [0.15, 0.2) is 0 Å². The van der Waals surface area contributed by atoms with Crippen LogP contribution in [-0.4, -0.2) is 44.7 Å². The summed E-state index contributed by atoms with van der Waals surface area (Å²) in [6, 6.07) is 7.73. The highest BCUT2D eigenvalue weighted by Gasteiger charge is 2.07. The van der Waals surface area contributed by atoms with Crippen LogP contribution in [0.15, 0.2) is 43.0 Å². The molecule has 8 heteroatoms. The predicted octanol–water partition coefficient (Wildman–Crippen LogP) is 1.75. The van der Waals surface area contributed by atoms with Gasteiger partial charge in [-0.3, -0.25) is 4.79 Å². The number of anilines is 1. The molecule has 0 fully saturated rings. The van der Waals surface area contributed by atoms with Gasteiger partial charge in [0.25, 0.3) is 11.7 Å². The number of ether oxygens (including phenoxy) is 1. The summed E-state index contributed by atoms with van der Waals surface area (Å²) >= 11 is 0. The van der Waals surface area contributed by atoms with Crippen LogP contribution >= 0.6 is 0 Å². The van der Waals surface area contributed by atoms with Crippen molar-refractivity contribution in [2.75, 3.05) is 18.4 Å². The van der Waals surface area contributed by atoms with Gasteiger partial charge < -0.3 is 15.4 Å². The Labute approximate surface area is 145 Å². The van der Waals surface area contributed by atoms with E-state index in [2.05, 4.69) is 25.7 Å². The molecule has 0 bridgehead atoms. The van der Waals surface area contributed by atoms with E-state index in [0.717, 1.165) is 11.4 Å². The summed E-state index contributed by atoms with van der Waals surface area (Å²) in [6.45, 7) is 5.07. The van der Waals surface area contributed by atoms with E-state index in [1.54, 1.807) is 6.20 Å². The summed E-state index contributed by atoms with van der Waals surface area (Å²) in [5.41, 5.74) is 1.41. The Hall–Kier alpha value is -3.16. The summed E-state index contributed by atoms with van der Waals surface area (Å²) < 4.78 is 7.06. The van der Waals surface area contributed by atoms with E-state index in [4.69, 9.17) is 4.74 Å². The standard InChI is InChI=1S/C17H20N6O2/c1-12(2)25-15-5-3-14(4-6-15)18-7-8-19-16(24)13-9-20-17-21-11-22-23(17)10-13/h3-6,9-12,18H,7-8H2,1-2H3,(H,19,24). The molecule has 0 aliphatic rings. The minimum Gasteiger partial charge on any atom is -0.491 e. The minimum atomic E-state index is -0.201. The first-order chi connectivity index (χ1) is 12.1. The molecule has 3 aromatic rings. The fourth-order valence-electron chi connectivity index (χ4n) is 2.25. The van der Waals surface area contributed by atoms with Crippen LogP contribution < -0.4 is 15.4 Å². The molecule has 0 unspecified atom stereocenters. The largest absolute Gasteiger partial charge is 0.491 e. The second-order valence-electron chi connectivity index (χ2n) is 5.72. The molecule has 1 amide bonds. The molecule has 0 aliphatic heterocycles. The zero-order chi connectivity index (χ0) is 17.6. The lowest BCUT2D eigenvalue weighted by Crippen LogP contribution is -2.29. The van der Waals surface area contributed by atoms with Crippen LogP contribution in [0.3, 0.4) is 0 Å². The van der Waals surface area contributed by atoms with Crippen LogP contribution in [-0.2, 0) is 0 Å². The lowest BCUT2D eigenvalue weighted by molar-refractivity contribution is 0.0954. The number of carbonyl (C=O) groups excluding carboxylic acids is 1. The molecule has 0 saturated carbocycles. The van der Waals surface area contributed by atoms with Gasteiger partial charge in [-0.05, 0) is 38.1 Å². The predicted molar refractivity (Wildman–Crippen MR) is 93.8 cm³/mol. The smallest absolute Gasteiger partial charge is 0.254 e. The maximum Gasteiger partial charge on any atom is 0.254 e. The van der Waals surface area contributed by atoms with Crippen LogP contribution in [0.25, 0.3) is 5.78 Å². The Bertz CT molecular complexity index is 844. The number of carbonyl (C=O) groups is 1. The number of hydrogen-bond acceptors (Lipinski definition) is 6. The van der Waals surface area contributed by atoms with E-state index >= 15 is 0 Å². The summed E-state index contributed by atoms with van der Waals surface area (Å²) in [5.74, 6) is 1.10. The zero-order valence-corrected chi connectivity index (χ0v) is 14.1. The van der Waals surface area contributed by atoms with Crippen molar-refractivity contribution in [2.45, 2.75) is 20.0 Å².